The van der Waals surface area contributed by atoms with Crippen LogP contribution in [0.5, 0.6) is 0 Å². The highest BCUT2D eigenvalue weighted by Crippen LogP contribution is 2.37. The number of nitrogens with one attached hydrogen (secondary N) is 1. The van der Waals surface area contributed by atoms with Gasteiger partial charge in [-0.25, -0.2) is 0 Å². The van der Waals surface area contributed by atoms with Crippen molar-refractivity contribution in [2.45, 2.75) is 64.6 Å². The molecule has 0 radical (unpaired) electrons. The van der Waals surface area contributed by atoms with Gasteiger partial charge in [0.25, 0.3) is 0 Å². The molecule has 18 heavy (non-hydrogen) atoms. The van der Waals surface area contributed by atoms with Gasteiger partial charge in [0, 0.05) is 13.1 Å². The van der Waals surface area contributed by atoms with E-state index in [0.717, 1.165) is 38.6 Å². The van der Waals surface area contributed by atoms with Crippen molar-refractivity contribution in [2.75, 3.05) is 13.1 Å². The summed E-state index contributed by atoms with van der Waals surface area (Å²) in [6, 6.07) is 0. The predicted molar refractivity (Wildman–Crippen MR) is 73.3 cm³/mol. The largest absolute Gasteiger partial charge is 0.361 e. The van der Waals surface area contributed by atoms with E-state index < -0.39 is 6.10 Å². The molecule has 0 spiro atoms. The van der Waals surface area contributed by atoms with Gasteiger partial charge in [0.15, 0.2) is 0 Å². The first kappa shape index (κ1) is 15.4. The van der Waals surface area contributed by atoms with Gasteiger partial charge >= 0.3 is 0 Å². The normalized spacial score (nSPS) is 29.2. The predicted octanol–water partition coefficient (Wildman–Crippen LogP) is 1.83. The van der Waals surface area contributed by atoms with Crippen LogP contribution in [-0.4, -0.2) is 30.7 Å². The monoisotopic (exact) mass is 256 g/mol. The van der Waals surface area contributed by atoms with E-state index in [1.807, 2.05) is 6.92 Å². The molecule has 3 atom stereocenters. The molecule has 4 heteroatoms. The molecule has 3 N–H and O–H groups in total. The summed E-state index contributed by atoms with van der Waals surface area (Å²) < 4.78 is 5.97. The Morgan fingerprint density at radius 2 is 2.33 bits per heavy atom. The maximum Gasteiger partial charge on any atom is 0.248 e. The maximum absolute atomic E-state index is 11.9. The molecule has 0 bridgehead atoms. The molecule has 1 fully saturated rings. The maximum atomic E-state index is 11.9. The summed E-state index contributed by atoms with van der Waals surface area (Å²) >= 11 is 0. The summed E-state index contributed by atoms with van der Waals surface area (Å²) in [5.41, 5.74) is 5.57. The third kappa shape index (κ3) is 4.25. The van der Waals surface area contributed by atoms with Crippen molar-refractivity contribution in [3.8, 4) is 0 Å². The Labute approximate surface area is 111 Å². The van der Waals surface area contributed by atoms with Crippen LogP contribution in [0.1, 0.15) is 52.9 Å². The molecule has 0 aliphatic heterocycles. The van der Waals surface area contributed by atoms with Crippen LogP contribution < -0.4 is 11.1 Å². The van der Waals surface area contributed by atoms with Crippen molar-refractivity contribution in [2.24, 2.45) is 11.7 Å². The third-order valence-electron chi connectivity index (χ3n) is 3.81. The Hall–Kier alpha value is -0.610. The molecule has 0 saturated heterocycles. The molecule has 0 aromatic carbocycles. The van der Waals surface area contributed by atoms with Crippen molar-refractivity contribution >= 4 is 5.91 Å². The first-order valence-corrected chi connectivity index (χ1v) is 7.18. The second-order valence-corrected chi connectivity index (χ2v) is 5.64. The first-order chi connectivity index (χ1) is 8.53. The number of carbonyl (C=O) groups is 1. The third-order valence-corrected chi connectivity index (χ3v) is 3.81. The SMILES string of the molecule is CCCCNC(=O)C(C)OC1(CN)CCC(C)C1. The molecule has 1 rings (SSSR count). The van der Waals surface area contributed by atoms with Gasteiger partial charge in [-0.05, 0) is 38.5 Å². The summed E-state index contributed by atoms with van der Waals surface area (Å²) in [7, 11) is 0. The number of hydrogen-bond donors (Lipinski definition) is 2. The van der Waals surface area contributed by atoms with Crippen molar-refractivity contribution in [3.05, 3.63) is 0 Å². The van der Waals surface area contributed by atoms with E-state index in [1.54, 1.807) is 0 Å². The second-order valence-electron chi connectivity index (χ2n) is 5.64. The first-order valence-electron chi connectivity index (χ1n) is 7.18. The van der Waals surface area contributed by atoms with Crippen molar-refractivity contribution in [1.29, 1.82) is 0 Å². The lowest BCUT2D eigenvalue weighted by Gasteiger charge is -2.31. The van der Waals surface area contributed by atoms with Crippen molar-refractivity contribution < 1.29 is 9.53 Å². The van der Waals surface area contributed by atoms with Crippen LogP contribution in [0.2, 0.25) is 0 Å². The second kappa shape index (κ2) is 7.10. The lowest BCUT2D eigenvalue weighted by molar-refractivity contribution is -0.144. The van der Waals surface area contributed by atoms with Crippen LogP contribution in [0, 0.1) is 5.92 Å². The van der Waals surface area contributed by atoms with E-state index in [4.69, 9.17) is 10.5 Å². The van der Waals surface area contributed by atoms with Gasteiger partial charge in [-0.15, -0.1) is 0 Å². The van der Waals surface area contributed by atoms with Crippen LogP contribution in [-0.2, 0) is 9.53 Å². The molecular weight excluding hydrogens is 228 g/mol. The molecule has 1 aliphatic carbocycles. The van der Waals surface area contributed by atoms with E-state index >= 15 is 0 Å². The Bertz CT molecular complexity index is 271. The highest BCUT2D eigenvalue weighted by molar-refractivity contribution is 5.80. The van der Waals surface area contributed by atoms with Gasteiger partial charge in [0.05, 0.1) is 5.60 Å². The Morgan fingerprint density at radius 1 is 1.61 bits per heavy atom. The summed E-state index contributed by atoms with van der Waals surface area (Å²) in [4.78, 5) is 11.9. The standard InChI is InChI=1S/C14H28N2O2/c1-4-5-8-16-13(17)12(3)18-14(10-15)7-6-11(2)9-14/h11-12H,4-10,15H2,1-3H3,(H,16,17). The number of amides is 1. The molecule has 3 unspecified atom stereocenters. The van der Waals surface area contributed by atoms with E-state index in [-0.39, 0.29) is 11.5 Å². The summed E-state index contributed by atoms with van der Waals surface area (Å²) in [6.07, 6.45) is 4.77. The van der Waals surface area contributed by atoms with Gasteiger partial charge < -0.3 is 15.8 Å². The van der Waals surface area contributed by atoms with Crippen molar-refractivity contribution in [3.63, 3.8) is 0 Å². The molecule has 0 aromatic heterocycles. The molecule has 0 aromatic rings. The minimum absolute atomic E-state index is 0.0178. The molecule has 4 nitrogen and oxygen atoms in total. The van der Waals surface area contributed by atoms with E-state index in [0.29, 0.717) is 12.5 Å². The van der Waals surface area contributed by atoms with Gasteiger partial charge in [-0.3, -0.25) is 4.79 Å². The summed E-state index contributed by atoms with van der Waals surface area (Å²) in [5, 5.41) is 2.91. The minimum Gasteiger partial charge on any atom is -0.361 e. The Kier molecular flexibility index (Phi) is 6.09. The minimum atomic E-state index is -0.407. The highest BCUT2D eigenvalue weighted by atomic mass is 16.5. The average molecular weight is 256 g/mol. The van der Waals surface area contributed by atoms with Crippen LogP contribution in [0.15, 0.2) is 0 Å². The smallest absolute Gasteiger partial charge is 0.248 e. The lowest BCUT2D eigenvalue weighted by atomic mass is 10.0. The topological polar surface area (TPSA) is 64.3 Å². The van der Waals surface area contributed by atoms with Gasteiger partial charge in [-0.2, -0.15) is 0 Å². The molecular formula is C14H28N2O2. The number of carbonyl (C=O) groups excluding carboxylic acids is 1. The van der Waals surface area contributed by atoms with Crippen LogP contribution in [0.25, 0.3) is 0 Å². The fourth-order valence-corrected chi connectivity index (χ4v) is 2.65. The van der Waals surface area contributed by atoms with Gasteiger partial charge in [0.1, 0.15) is 6.10 Å². The van der Waals surface area contributed by atoms with Crippen LogP contribution in [0.4, 0.5) is 0 Å². The molecule has 1 aliphatic rings. The molecule has 1 saturated carbocycles. The lowest BCUT2D eigenvalue weighted by Crippen LogP contribution is -2.45. The van der Waals surface area contributed by atoms with E-state index in [1.165, 1.54) is 0 Å². The highest BCUT2D eigenvalue weighted by Gasteiger charge is 2.39. The number of ether oxygens (including phenoxy) is 1. The number of nitrogens with two attached hydrogens (primary N) is 1. The Balaban J connectivity index is 2.42. The summed E-state index contributed by atoms with van der Waals surface area (Å²) in [5.74, 6) is 0.625. The molecule has 1 amide bonds. The van der Waals surface area contributed by atoms with E-state index in [2.05, 4.69) is 19.2 Å². The number of hydrogen-bond acceptors (Lipinski definition) is 3. The zero-order chi connectivity index (χ0) is 13.6. The summed E-state index contributed by atoms with van der Waals surface area (Å²) in [6.45, 7) is 7.38. The molecule has 0 heterocycles. The van der Waals surface area contributed by atoms with Gasteiger partial charge in [0.2, 0.25) is 5.91 Å². The average Bonchev–Trinajstić information content (AvgIpc) is 2.71. The quantitative estimate of drug-likeness (QED) is 0.683. The fourth-order valence-electron chi connectivity index (χ4n) is 2.65. The molecule has 106 valence electrons. The fraction of sp³-hybridized carbons (Fsp3) is 0.929. The number of unbranched alkanes of at least 4 members (excludes halogenated alkanes) is 1. The van der Waals surface area contributed by atoms with E-state index in [9.17, 15) is 4.79 Å². The van der Waals surface area contributed by atoms with Gasteiger partial charge in [-0.1, -0.05) is 20.3 Å². The van der Waals surface area contributed by atoms with Crippen LogP contribution in [0.3, 0.4) is 0 Å². The van der Waals surface area contributed by atoms with Crippen molar-refractivity contribution in [1.82, 2.24) is 5.32 Å². The Morgan fingerprint density at radius 3 is 2.83 bits per heavy atom. The zero-order valence-electron chi connectivity index (χ0n) is 12.0. The zero-order valence-corrected chi connectivity index (χ0v) is 12.0. The number of rotatable bonds is 7. The van der Waals surface area contributed by atoms with Crippen LogP contribution >= 0.6 is 0 Å².